The number of nitrogens with one attached hydrogen (secondary N) is 2. The zero-order chi connectivity index (χ0) is 21.8. The number of nitrogens with zero attached hydrogens (tertiary/aromatic N) is 2. The lowest BCUT2D eigenvalue weighted by Gasteiger charge is -2.08. The Balaban J connectivity index is 1.46. The monoisotopic (exact) mass is 446 g/mol. The summed E-state index contributed by atoms with van der Waals surface area (Å²) in [6.45, 7) is 0.492. The molecule has 0 saturated heterocycles. The van der Waals surface area contributed by atoms with Gasteiger partial charge in [0.25, 0.3) is 11.8 Å². The van der Waals surface area contributed by atoms with E-state index in [1.54, 1.807) is 35.3 Å². The second-order valence-corrected chi connectivity index (χ2v) is 8.40. The number of carbonyl (C=O) groups is 2. The van der Waals surface area contributed by atoms with E-state index in [1.807, 2.05) is 30.3 Å². The fourth-order valence-corrected chi connectivity index (χ4v) is 4.58. The van der Waals surface area contributed by atoms with Crippen LogP contribution in [0.15, 0.2) is 47.3 Å². The van der Waals surface area contributed by atoms with Crippen molar-refractivity contribution in [3.8, 4) is 23.5 Å². The maximum Gasteiger partial charge on any atom is 0.270 e. The van der Waals surface area contributed by atoms with Gasteiger partial charge in [0.1, 0.15) is 5.69 Å². The molecule has 0 saturated carbocycles. The number of aromatic nitrogens is 2. The van der Waals surface area contributed by atoms with Crippen LogP contribution in [0.3, 0.4) is 0 Å². The van der Waals surface area contributed by atoms with Crippen molar-refractivity contribution in [3.63, 3.8) is 0 Å². The van der Waals surface area contributed by atoms with Crippen molar-refractivity contribution in [2.45, 2.75) is 6.42 Å². The van der Waals surface area contributed by atoms with Crippen LogP contribution in [0.25, 0.3) is 21.3 Å². The molecule has 2 N–H and O–H groups in total. The van der Waals surface area contributed by atoms with Gasteiger partial charge in [0.15, 0.2) is 5.01 Å². The van der Waals surface area contributed by atoms with Crippen molar-refractivity contribution in [1.29, 1.82) is 0 Å². The Morgan fingerprint density at radius 3 is 2.65 bits per heavy atom. The lowest BCUT2D eigenvalue weighted by molar-refractivity contribution is 0.0946. The molecular weight excluding hydrogens is 428 g/mol. The molecule has 2 heterocycles. The minimum absolute atomic E-state index is 0.141. The summed E-state index contributed by atoms with van der Waals surface area (Å²) in [5, 5.41) is 7.68. The van der Waals surface area contributed by atoms with Gasteiger partial charge in [-0.05, 0) is 35.6 Å². The summed E-state index contributed by atoms with van der Waals surface area (Å²) in [5.74, 6) is 2.06. The molecule has 8 heteroatoms. The zero-order valence-electron chi connectivity index (χ0n) is 16.6. The first-order valence-corrected chi connectivity index (χ1v) is 11.2. The summed E-state index contributed by atoms with van der Waals surface area (Å²) in [6.07, 6.45) is 5.98. The zero-order valence-corrected chi connectivity index (χ0v) is 18.3. The highest BCUT2D eigenvalue weighted by Crippen LogP contribution is 2.32. The third-order valence-electron chi connectivity index (χ3n) is 4.75. The summed E-state index contributed by atoms with van der Waals surface area (Å²) in [7, 11) is 1.61. The van der Waals surface area contributed by atoms with E-state index < -0.39 is 0 Å². The van der Waals surface area contributed by atoms with Crippen molar-refractivity contribution >= 4 is 44.7 Å². The Hall–Kier alpha value is -3.54. The molecule has 0 aliphatic heterocycles. The van der Waals surface area contributed by atoms with Crippen molar-refractivity contribution in [3.05, 3.63) is 69.1 Å². The minimum atomic E-state index is -0.229. The summed E-state index contributed by atoms with van der Waals surface area (Å²) in [5.41, 5.74) is 6.60. The van der Waals surface area contributed by atoms with Crippen molar-refractivity contribution in [2.24, 2.45) is 0 Å². The van der Waals surface area contributed by atoms with Crippen molar-refractivity contribution in [2.75, 3.05) is 13.6 Å². The predicted octanol–water partition coefficient (Wildman–Crippen LogP) is 3.73. The van der Waals surface area contributed by atoms with Crippen LogP contribution in [0.4, 0.5) is 0 Å². The summed E-state index contributed by atoms with van der Waals surface area (Å²) in [4.78, 5) is 32.7. The number of hydrogen-bond donors (Lipinski definition) is 2. The highest BCUT2D eigenvalue weighted by atomic mass is 32.1. The average Bonchev–Trinajstić information content (AvgIpc) is 3.47. The Bertz CT molecular complexity index is 1300. The molecule has 31 heavy (non-hydrogen) atoms. The SMILES string of the molecule is C#Cc1nc(C(=O)NCCc2ccc(-c3cc(C(=O)NC)cc4ncsc34)cc2)cs1. The van der Waals surface area contributed by atoms with E-state index in [0.717, 1.165) is 26.9 Å². The molecular formula is C23H18N4O2S2. The van der Waals surface area contributed by atoms with Gasteiger partial charge in [0.05, 0.1) is 15.7 Å². The van der Waals surface area contributed by atoms with E-state index in [2.05, 4.69) is 26.5 Å². The first kappa shape index (κ1) is 20.7. The second kappa shape index (κ2) is 9.08. The minimum Gasteiger partial charge on any atom is -0.355 e. The third-order valence-corrected chi connectivity index (χ3v) is 6.39. The molecule has 0 atom stereocenters. The molecule has 2 aromatic carbocycles. The Morgan fingerprint density at radius 1 is 1.13 bits per heavy atom. The van der Waals surface area contributed by atoms with Gasteiger partial charge < -0.3 is 10.6 Å². The summed E-state index contributed by atoms with van der Waals surface area (Å²) < 4.78 is 1.04. The number of terminal acetylenes is 1. The average molecular weight is 447 g/mol. The number of amides is 2. The number of fused-ring (bicyclic) bond motifs is 1. The molecule has 154 valence electrons. The molecule has 0 aliphatic carbocycles. The first-order chi connectivity index (χ1) is 15.1. The summed E-state index contributed by atoms with van der Waals surface area (Å²) in [6, 6.07) is 11.8. The maximum absolute atomic E-state index is 12.1. The van der Waals surface area contributed by atoms with Gasteiger partial charge in [-0.25, -0.2) is 9.97 Å². The van der Waals surface area contributed by atoms with Crippen LogP contribution in [0.5, 0.6) is 0 Å². The number of rotatable bonds is 6. The van der Waals surface area contributed by atoms with Gasteiger partial charge in [-0.2, -0.15) is 0 Å². The third kappa shape index (κ3) is 4.48. The maximum atomic E-state index is 12.1. The van der Waals surface area contributed by atoms with E-state index >= 15 is 0 Å². The van der Waals surface area contributed by atoms with Crippen molar-refractivity contribution < 1.29 is 9.59 Å². The number of thiazole rings is 2. The fourth-order valence-electron chi connectivity index (χ4n) is 3.17. The normalized spacial score (nSPS) is 10.6. The van der Waals surface area contributed by atoms with Crippen LogP contribution in [0.2, 0.25) is 0 Å². The Labute approximate surface area is 187 Å². The Kier molecular flexibility index (Phi) is 6.07. The quantitative estimate of drug-likeness (QED) is 0.442. The molecule has 4 rings (SSSR count). The topological polar surface area (TPSA) is 84.0 Å². The molecule has 2 amide bonds. The predicted molar refractivity (Wildman–Crippen MR) is 125 cm³/mol. The smallest absolute Gasteiger partial charge is 0.270 e. The van der Waals surface area contributed by atoms with Crippen LogP contribution in [-0.4, -0.2) is 35.4 Å². The standard InChI is InChI=1S/C23H18N4O2S2/c1-3-20-27-19(12-30-20)23(29)25-9-8-14-4-6-15(7-5-14)17-10-16(22(28)24-2)11-18-21(17)31-13-26-18/h1,4-7,10-13H,8-9H2,2H3,(H,24,28)(H,25,29). The highest BCUT2D eigenvalue weighted by molar-refractivity contribution is 7.17. The second-order valence-electron chi connectivity index (χ2n) is 6.69. The van der Waals surface area contributed by atoms with Gasteiger partial charge in [-0.1, -0.05) is 24.3 Å². The van der Waals surface area contributed by atoms with E-state index in [-0.39, 0.29) is 11.8 Å². The van der Waals surface area contributed by atoms with Gasteiger partial charge in [0, 0.05) is 30.1 Å². The van der Waals surface area contributed by atoms with E-state index in [0.29, 0.717) is 29.2 Å². The molecule has 4 aromatic rings. The van der Waals surface area contributed by atoms with Gasteiger partial charge in [-0.15, -0.1) is 29.1 Å². The van der Waals surface area contributed by atoms with Crippen LogP contribution < -0.4 is 10.6 Å². The lowest BCUT2D eigenvalue weighted by Crippen LogP contribution is -2.25. The molecule has 0 spiro atoms. The van der Waals surface area contributed by atoms with Crippen LogP contribution in [0.1, 0.15) is 31.4 Å². The van der Waals surface area contributed by atoms with Crippen LogP contribution in [0, 0.1) is 12.3 Å². The van der Waals surface area contributed by atoms with Crippen LogP contribution in [-0.2, 0) is 6.42 Å². The van der Waals surface area contributed by atoms with E-state index in [4.69, 9.17) is 6.42 Å². The van der Waals surface area contributed by atoms with E-state index in [1.165, 1.54) is 11.3 Å². The van der Waals surface area contributed by atoms with Crippen LogP contribution >= 0.6 is 22.7 Å². The lowest BCUT2D eigenvalue weighted by atomic mass is 10.00. The van der Waals surface area contributed by atoms with Gasteiger partial charge in [-0.3, -0.25) is 9.59 Å². The molecule has 2 aromatic heterocycles. The molecule has 0 fully saturated rings. The van der Waals surface area contributed by atoms with E-state index in [9.17, 15) is 9.59 Å². The molecule has 0 aliphatic rings. The highest BCUT2D eigenvalue weighted by Gasteiger charge is 2.13. The largest absolute Gasteiger partial charge is 0.355 e. The Morgan fingerprint density at radius 2 is 1.94 bits per heavy atom. The number of carbonyl (C=O) groups excluding carboxylic acids is 2. The fraction of sp³-hybridized carbons (Fsp3) is 0.130. The number of benzene rings is 2. The van der Waals surface area contributed by atoms with Crippen molar-refractivity contribution in [1.82, 2.24) is 20.6 Å². The number of hydrogen-bond acceptors (Lipinski definition) is 6. The van der Waals surface area contributed by atoms with Gasteiger partial charge >= 0.3 is 0 Å². The first-order valence-electron chi connectivity index (χ1n) is 9.48. The summed E-state index contributed by atoms with van der Waals surface area (Å²) >= 11 is 2.83. The molecule has 0 bridgehead atoms. The molecule has 0 radical (unpaired) electrons. The molecule has 6 nitrogen and oxygen atoms in total. The molecule has 0 unspecified atom stereocenters. The van der Waals surface area contributed by atoms with Gasteiger partial charge in [0.2, 0.25) is 0 Å².